The second-order valence-corrected chi connectivity index (χ2v) is 8.05. The molecule has 10 heteroatoms. The van der Waals surface area contributed by atoms with Crippen LogP contribution in [0, 0.1) is 0 Å². The van der Waals surface area contributed by atoms with E-state index in [0.29, 0.717) is 16.4 Å². The predicted octanol–water partition coefficient (Wildman–Crippen LogP) is 3.03. The smallest absolute Gasteiger partial charge is 0.350 e. The third kappa shape index (κ3) is 4.65. The van der Waals surface area contributed by atoms with Gasteiger partial charge in [-0.2, -0.15) is 0 Å². The number of esters is 1. The van der Waals surface area contributed by atoms with E-state index in [2.05, 4.69) is 22.3 Å². The van der Waals surface area contributed by atoms with E-state index in [4.69, 9.17) is 4.74 Å². The third-order valence-electron chi connectivity index (χ3n) is 4.93. The lowest BCUT2D eigenvalue weighted by molar-refractivity contribution is -0.117. The molecule has 4 aromatic rings. The van der Waals surface area contributed by atoms with Crippen LogP contribution in [0.5, 0.6) is 0 Å². The number of hydrogen-bond acceptors (Lipinski definition) is 7. The van der Waals surface area contributed by atoms with Crippen molar-refractivity contribution in [2.24, 2.45) is 0 Å². The van der Waals surface area contributed by atoms with Gasteiger partial charge >= 0.3 is 11.7 Å². The van der Waals surface area contributed by atoms with Crippen molar-refractivity contribution in [3.63, 3.8) is 0 Å². The van der Waals surface area contributed by atoms with Crippen LogP contribution in [0.15, 0.2) is 75.6 Å². The number of carbonyl (C=O) groups is 2. The van der Waals surface area contributed by atoms with Gasteiger partial charge in [0.25, 0.3) is 0 Å². The molecule has 2 aromatic heterocycles. The first kappa shape index (κ1) is 22.3. The quantitative estimate of drug-likeness (QED) is 0.420. The van der Waals surface area contributed by atoms with Crippen LogP contribution in [0.3, 0.4) is 0 Å². The Kier molecular flexibility index (Phi) is 6.55. The first-order valence-corrected chi connectivity index (χ1v) is 11.0. The zero-order valence-corrected chi connectivity index (χ0v) is 18.8. The number of nitrogens with zero attached hydrogens (tertiary/aromatic N) is 4. The maximum atomic E-state index is 12.8. The largest absolute Gasteiger partial charge is 0.465 e. The van der Waals surface area contributed by atoms with E-state index >= 15 is 0 Å². The molecule has 2 heterocycles. The van der Waals surface area contributed by atoms with Gasteiger partial charge in [-0.25, -0.2) is 23.7 Å². The van der Waals surface area contributed by atoms with E-state index in [-0.39, 0.29) is 12.1 Å². The van der Waals surface area contributed by atoms with Crippen molar-refractivity contribution in [2.45, 2.75) is 29.8 Å². The standard InChI is InChI=1S/C23H21N5O4S/c1-3-15-8-4-7-11-18(15)33-21-20-26-28(23(31)27(20)13-12-24-21)14-19(29)25-17-10-6-5-9-16(17)22(30)32-2/h4-13H,3,14H2,1-2H3,(H,25,29). The molecule has 0 atom stereocenters. The average molecular weight is 464 g/mol. The van der Waals surface area contributed by atoms with Gasteiger partial charge in [0.05, 0.1) is 18.4 Å². The molecule has 0 saturated carbocycles. The topological polar surface area (TPSA) is 108 Å². The van der Waals surface area contributed by atoms with Crippen molar-refractivity contribution in [3.05, 3.63) is 82.5 Å². The number of benzene rings is 2. The van der Waals surface area contributed by atoms with E-state index < -0.39 is 17.6 Å². The Morgan fingerprint density at radius 1 is 1.12 bits per heavy atom. The SMILES string of the molecule is CCc1ccccc1Sc1nccn2c(=O)n(CC(=O)Nc3ccccc3C(=O)OC)nc12. The maximum absolute atomic E-state index is 12.8. The second-order valence-electron chi connectivity index (χ2n) is 7.01. The third-order valence-corrected chi connectivity index (χ3v) is 6.03. The molecule has 1 amide bonds. The maximum Gasteiger partial charge on any atom is 0.350 e. The summed E-state index contributed by atoms with van der Waals surface area (Å²) in [5, 5.41) is 7.56. The lowest BCUT2D eigenvalue weighted by Crippen LogP contribution is -2.28. The monoisotopic (exact) mass is 463 g/mol. The summed E-state index contributed by atoms with van der Waals surface area (Å²) in [6, 6.07) is 14.4. The molecule has 0 radical (unpaired) electrons. The molecule has 0 aliphatic rings. The van der Waals surface area contributed by atoms with Crippen molar-refractivity contribution in [1.29, 1.82) is 0 Å². The Labute approximate surface area is 193 Å². The number of rotatable bonds is 7. The van der Waals surface area contributed by atoms with Gasteiger partial charge in [0.2, 0.25) is 5.91 Å². The fraction of sp³-hybridized carbons (Fsp3) is 0.174. The minimum absolute atomic E-state index is 0.216. The minimum atomic E-state index is -0.573. The van der Waals surface area contributed by atoms with Gasteiger partial charge < -0.3 is 10.1 Å². The van der Waals surface area contributed by atoms with Crippen LogP contribution in [-0.2, 0) is 22.5 Å². The van der Waals surface area contributed by atoms with Crippen molar-refractivity contribution in [3.8, 4) is 0 Å². The number of aryl methyl sites for hydroxylation is 1. The van der Waals surface area contributed by atoms with E-state index in [1.54, 1.807) is 24.3 Å². The van der Waals surface area contributed by atoms with Crippen LogP contribution in [0.4, 0.5) is 5.69 Å². The number of para-hydroxylation sites is 1. The molecule has 0 unspecified atom stereocenters. The van der Waals surface area contributed by atoms with E-state index in [0.717, 1.165) is 21.6 Å². The van der Waals surface area contributed by atoms with Crippen molar-refractivity contribution in [2.75, 3.05) is 12.4 Å². The Balaban J connectivity index is 1.60. The van der Waals surface area contributed by atoms with Crippen molar-refractivity contribution < 1.29 is 14.3 Å². The van der Waals surface area contributed by atoms with Gasteiger partial charge in [0.1, 0.15) is 11.6 Å². The van der Waals surface area contributed by atoms with Crippen LogP contribution in [0.25, 0.3) is 5.65 Å². The first-order valence-electron chi connectivity index (χ1n) is 10.2. The molecule has 1 N–H and O–H groups in total. The summed E-state index contributed by atoms with van der Waals surface area (Å²) >= 11 is 1.42. The number of nitrogens with one attached hydrogen (secondary N) is 1. The number of aromatic nitrogens is 4. The highest BCUT2D eigenvalue weighted by Gasteiger charge is 2.18. The Hall–Kier alpha value is -3.92. The number of anilines is 1. The van der Waals surface area contributed by atoms with E-state index in [9.17, 15) is 14.4 Å². The normalized spacial score (nSPS) is 10.8. The molecular weight excluding hydrogens is 442 g/mol. The fourth-order valence-corrected chi connectivity index (χ4v) is 4.35. The van der Waals surface area contributed by atoms with Crippen molar-refractivity contribution in [1.82, 2.24) is 19.2 Å². The number of fused-ring (bicyclic) bond motifs is 1. The summed E-state index contributed by atoms with van der Waals surface area (Å²) in [5.41, 5.74) is 1.57. The lowest BCUT2D eigenvalue weighted by Gasteiger charge is -2.09. The molecule has 33 heavy (non-hydrogen) atoms. The van der Waals surface area contributed by atoms with Crippen LogP contribution in [0.2, 0.25) is 0 Å². The number of hydrogen-bond donors (Lipinski definition) is 1. The molecule has 0 fully saturated rings. The molecule has 0 spiro atoms. The Bertz CT molecular complexity index is 1400. The molecule has 0 bridgehead atoms. The van der Waals surface area contributed by atoms with Crippen LogP contribution >= 0.6 is 11.8 Å². The molecule has 0 saturated heterocycles. The molecular formula is C23H21N5O4S. The predicted molar refractivity (Wildman–Crippen MR) is 124 cm³/mol. The fourth-order valence-electron chi connectivity index (χ4n) is 3.31. The number of carbonyl (C=O) groups excluding carboxylic acids is 2. The summed E-state index contributed by atoms with van der Waals surface area (Å²) in [6.07, 6.45) is 3.91. The van der Waals surface area contributed by atoms with Gasteiger partial charge in [-0.1, -0.05) is 49.0 Å². The van der Waals surface area contributed by atoms with Gasteiger partial charge in [-0.15, -0.1) is 5.10 Å². The summed E-state index contributed by atoms with van der Waals surface area (Å²) in [6.45, 7) is 1.75. The van der Waals surface area contributed by atoms with Gasteiger partial charge in [0, 0.05) is 17.3 Å². The number of ether oxygens (including phenoxy) is 1. The zero-order chi connectivity index (χ0) is 23.4. The Morgan fingerprint density at radius 2 is 1.88 bits per heavy atom. The lowest BCUT2D eigenvalue weighted by atomic mass is 10.2. The second kappa shape index (κ2) is 9.70. The molecule has 4 rings (SSSR count). The summed E-state index contributed by atoms with van der Waals surface area (Å²) in [4.78, 5) is 42.8. The summed E-state index contributed by atoms with van der Waals surface area (Å²) < 4.78 is 7.18. The first-order chi connectivity index (χ1) is 16.0. The van der Waals surface area contributed by atoms with Gasteiger partial charge in [-0.05, 0) is 30.2 Å². The van der Waals surface area contributed by atoms with Gasteiger partial charge in [0.15, 0.2) is 5.65 Å². The van der Waals surface area contributed by atoms with Crippen LogP contribution in [-0.4, -0.2) is 38.2 Å². The summed E-state index contributed by atoms with van der Waals surface area (Å²) in [5.74, 6) is -1.08. The molecule has 2 aromatic carbocycles. The van der Waals surface area contributed by atoms with Crippen LogP contribution in [0.1, 0.15) is 22.8 Å². The highest BCUT2D eigenvalue weighted by Crippen LogP contribution is 2.31. The number of amides is 1. The average Bonchev–Trinajstić information content (AvgIpc) is 3.15. The van der Waals surface area contributed by atoms with E-state index in [1.165, 1.54) is 35.7 Å². The zero-order valence-electron chi connectivity index (χ0n) is 18.0. The van der Waals surface area contributed by atoms with E-state index in [1.807, 2.05) is 24.3 Å². The Morgan fingerprint density at radius 3 is 2.67 bits per heavy atom. The van der Waals surface area contributed by atoms with Crippen LogP contribution < -0.4 is 11.0 Å². The minimum Gasteiger partial charge on any atom is -0.465 e. The highest BCUT2D eigenvalue weighted by molar-refractivity contribution is 7.99. The molecule has 168 valence electrons. The molecule has 0 aliphatic heterocycles. The van der Waals surface area contributed by atoms with Crippen molar-refractivity contribution >= 4 is 35.0 Å². The molecule has 9 nitrogen and oxygen atoms in total. The van der Waals surface area contributed by atoms with Gasteiger partial charge in [-0.3, -0.25) is 4.79 Å². The summed E-state index contributed by atoms with van der Waals surface area (Å²) in [7, 11) is 1.26. The molecule has 0 aliphatic carbocycles. The highest BCUT2D eigenvalue weighted by atomic mass is 32.2. The number of methoxy groups -OCH3 is 1.